The molecule has 1 aliphatic rings. The Morgan fingerprint density at radius 1 is 0.971 bits per heavy atom. The number of hydrogen-bond acceptors (Lipinski definition) is 6. The van der Waals surface area contributed by atoms with E-state index in [2.05, 4.69) is 20.3 Å². The highest BCUT2D eigenvalue weighted by Gasteiger charge is 2.33. The molecule has 3 aromatic rings. The Morgan fingerprint density at radius 2 is 1.68 bits per heavy atom. The van der Waals surface area contributed by atoms with E-state index in [0.717, 1.165) is 24.4 Å². The number of aromatic nitrogens is 3. The van der Waals surface area contributed by atoms with Gasteiger partial charge in [0, 0.05) is 18.5 Å². The van der Waals surface area contributed by atoms with Crippen molar-refractivity contribution in [2.75, 3.05) is 18.4 Å². The van der Waals surface area contributed by atoms with Gasteiger partial charge in [0.05, 0.1) is 41.7 Å². The van der Waals surface area contributed by atoms with Gasteiger partial charge in [0.15, 0.2) is 0 Å². The van der Waals surface area contributed by atoms with Gasteiger partial charge < -0.3 is 10.1 Å². The number of alkyl halides is 6. The lowest BCUT2D eigenvalue weighted by atomic mass is 10.1. The van der Waals surface area contributed by atoms with E-state index in [4.69, 9.17) is 4.74 Å². The van der Waals surface area contributed by atoms with Crippen LogP contribution in [-0.2, 0) is 23.6 Å². The fourth-order valence-corrected chi connectivity index (χ4v) is 3.91. The minimum absolute atomic E-state index is 0.0307. The Hall–Kier alpha value is -2.99. The topological polar surface area (TPSA) is 63.2 Å². The third-order valence-electron chi connectivity index (χ3n) is 5.25. The average molecular weight is 485 g/mol. The molecule has 1 N–H and O–H groups in total. The first-order valence-electron chi connectivity index (χ1n) is 10.4. The second-order valence-corrected chi connectivity index (χ2v) is 8.22. The maximum atomic E-state index is 13.3. The van der Waals surface area contributed by atoms with Crippen LogP contribution in [0.15, 0.2) is 36.5 Å². The van der Waals surface area contributed by atoms with Gasteiger partial charge in [-0.2, -0.15) is 26.3 Å². The molecule has 3 heterocycles. The van der Waals surface area contributed by atoms with Crippen LogP contribution in [0.25, 0.3) is 10.9 Å². The summed E-state index contributed by atoms with van der Waals surface area (Å²) in [6.07, 6.45) is -8.22. The van der Waals surface area contributed by atoms with E-state index >= 15 is 0 Å². The zero-order valence-electron chi connectivity index (χ0n) is 18.2. The minimum Gasteiger partial charge on any atom is -0.373 e. The highest BCUT2D eigenvalue weighted by atomic mass is 19.4. The van der Waals surface area contributed by atoms with Crippen molar-refractivity contribution in [3.63, 3.8) is 0 Å². The zero-order chi connectivity index (χ0) is 24.7. The van der Waals surface area contributed by atoms with Crippen LogP contribution in [-0.4, -0.2) is 45.1 Å². The molecule has 12 heteroatoms. The van der Waals surface area contributed by atoms with Gasteiger partial charge in [-0.25, -0.2) is 15.0 Å². The molecule has 0 radical (unpaired) electrons. The lowest BCUT2D eigenvalue weighted by Crippen LogP contribution is -2.45. The average Bonchev–Trinajstić information content (AvgIpc) is 2.71. The Morgan fingerprint density at radius 3 is 2.26 bits per heavy atom. The van der Waals surface area contributed by atoms with Crippen LogP contribution in [0, 0.1) is 0 Å². The summed E-state index contributed by atoms with van der Waals surface area (Å²) in [7, 11) is 0. The molecule has 2 atom stereocenters. The first-order chi connectivity index (χ1) is 15.9. The highest BCUT2D eigenvalue weighted by Crippen LogP contribution is 2.34. The lowest BCUT2D eigenvalue weighted by Gasteiger charge is -2.34. The molecule has 1 saturated heterocycles. The van der Waals surface area contributed by atoms with Crippen LogP contribution in [0.2, 0.25) is 0 Å². The number of hydrogen-bond donors (Lipinski definition) is 1. The highest BCUT2D eigenvalue weighted by molar-refractivity contribution is 5.91. The summed E-state index contributed by atoms with van der Waals surface area (Å²) in [5.41, 5.74) is -1.65. The Balaban J connectivity index is 1.71. The van der Waals surface area contributed by atoms with Crippen molar-refractivity contribution in [3.05, 3.63) is 53.6 Å². The largest absolute Gasteiger partial charge is 0.433 e. The molecule has 182 valence electrons. The molecule has 1 aliphatic heterocycles. The summed E-state index contributed by atoms with van der Waals surface area (Å²) in [6.45, 7) is 5.30. The second-order valence-electron chi connectivity index (χ2n) is 8.22. The third-order valence-corrected chi connectivity index (χ3v) is 5.25. The number of ether oxygens (including phenoxy) is 1. The molecule has 1 aromatic carbocycles. The summed E-state index contributed by atoms with van der Waals surface area (Å²) in [5, 5.41) is 3.17. The Labute approximate surface area is 191 Å². The minimum atomic E-state index is -4.59. The van der Waals surface area contributed by atoms with Gasteiger partial charge in [-0.15, -0.1) is 0 Å². The molecule has 34 heavy (non-hydrogen) atoms. The monoisotopic (exact) mass is 485 g/mol. The molecule has 0 spiro atoms. The van der Waals surface area contributed by atoms with Gasteiger partial charge in [-0.1, -0.05) is 0 Å². The van der Waals surface area contributed by atoms with E-state index in [9.17, 15) is 26.3 Å². The fraction of sp³-hybridized carbons (Fsp3) is 0.409. The second kappa shape index (κ2) is 8.99. The number of morpholine rings is 1. The van der Waals surface area contributed by atoms with E-state index in [-0.39, 0.29) is 41.6 Å². The first kappa shape index (κ1) is 24.1. The number of nitrogens with one attached hydrogen (secondary N) is 1. The number of pyridine rings is 1. The van der Waals surface area contributed by atoms with Gasteiger partial charge in [0.1, 0.15) is 17.3 Å². The van der Waals surface area contributed by atoms with Crippen LogP contribution in [0.5, 0.6) is 0 Å². The van der Waals surface area contributed by atoms with E-state index < -0.39 is 23.6 Å². The molecule has 0 saturated carbocycles. The SMILES string of the molecule is CC1CN(Cc2nc(Nc3ccc(C(F)(F)F)nc3)c3ccc(C(F)(F)F)cc3n2)CC(C)O1. The van der Waals surface area contributed by atoms with Crippen LogP contribution in [0.1, 0.15) is 30.9 Å². The van der Waals surface area contributed by atoms with Crippen molar-refractivity contribution in [1.29, 1.82) is 0 Å². The molecule has 6 nitrogen and oxygen atoms in total. The van der Waals surface area contributed by atoms with E-state index in [0.29, 0.717) is 18.5 Å². The fourth-order valence-electron chi connectivity index (χ4n) is 3.91. The van der Waals surface area contributed by atoms with Gasteiger partial charge >= 0.3 is 12.4 Å². The van der Waals surface area contributed by atoms with Crippen molar-refractivity contribution in [1.82, 2.24) is 19.9 Å². The molecule has 0 amide bonds. The van der Waals surface area contributed by atoms with Crippen LogP contribution in [0.4, 0.5) is 37.8 Å². The van der Waals surface area contributed by atoms with Crippen molar-refractivity contribution in [3.8, 4) is 0 Å². The molecule has 1 fully saturated rings. The molecular formula is C22H21F6N5O. The van der Waals surface area contributed by atoms with Crippen molar-refractivity contribution in [2.24, 2.45) is 0 Å². The van der Waals surface area contributed by atoms with Gasteiger partial charge in [-0.05, 0) is 44.2 Å². The van der Waals surface area contributed by atoms with Crippen LogP contribution < -0.4 is 5.32 Å². The molecule has 2 aromatic heterocycles. The molecular weight excluding hydrogens is 464 g/mol. The van der Waals surface area contributed by atoms with Crippen molar-refractivity contribution >= 4 is 22.4 Å². The predicted octanol–water partition coefficient (Wildman–Crippen LogP) is 5.42. The molecule has 2 unspecified atom stereocenters. The Bertz CT molecular complexity index is 1160. The number of fused-ring (bicyclic) bond motifs is 1. The van der Waals surface area contributed by atoms with E-state index in [1.807, 2.05) is 18.7 Å². The number of halogens is 6. The number of anilines is 2. The first-order valence-corrected chi connectivity index (χ1v) is 10.4. The van der Waals surface area contributed by atoms with Gasteiger partial charge in [0.25, 0.3) is 0 Å². The zero-order valence-corrected chi connectivity index (χ0v) is 18.2. The van der Waals surface area contributed by atoms with Crippen molar-refractivity contribution < 1.29 is 31.1 Å². The molecule has 0 bridgehead atoms. The number of rotatable bonds is 4. The van der Waals surface area contributed by atoms with Crippen LogP contribution >= 0.6 is 0 Å². The number of benzene rings is 1. The lowest BCUT2D eigenvalue weighted by molar-refractivity contribution is -0.141. The number of nitrogens with zero attached hydrogens (tertiary/aromatic N) is 4. The maximum absolute atomic E-state index is 13.3. The van der Waals surface area contributed by atoms with Gasteiger partial charge in [0.2, 0.25) is 0 Å². The smallest absolute Gasteiger partial charge is 0.373 e. The normalized spacial score (nSPS) is 20.0. The summed E-state index contributed by atoms with van der Waals surface area (Å²) >= 11 is 0. The van der Waals surface area contributed by atoms with E-state index in [1.165, 1.54) is 12.1 Å². The predicted molar refractivity (Wildman–Crippen MR) is 112 cm³/mol. The van der Waals surface area contributed by atoms with Gasteiger partial charge in [-0.3, -0.25) is 4.90 Å². The molecule has 4 rings (SSSR count). The third kappa shape index (κ3) is 5.55. The summed E-state index contributed by atoms with van der Waals surface area (Å²) in [5.74, 6) is 0.445. The summed E-state index contributed by atoms with van der Waals surface area (Å²) in [6, 6.07) is 5.07. The maximum Gasteiger partial charge on any atom is 0.433 e. The standard InChI is InChI=1S/C22H21F6N5O/c1-12-9-33(10-13(2)34-12)11-19-31-17-7-14(21(23,24)25)3-5-16(17)20(32-19)30-15-4-6-18(29-8-15)22(26,27)28/h3-8,12-13H,9-11H2,1-2H3,(H,30,31,32). The van der Waals surface area contributed by atoms with Crippen LogP contribution in [0.3, 0.4) is 0 Å². The quantitative estimate of drug-likeness (QED) is 0.499. The summed E-state index contributed by atoms with van der Waals surface area (Å²) < 4.78 is 84.0. The van der Waals surface area contributed by atoms with E-state index in [1.54, 1.807) is 0 Å². The molecule has 0 aliphatic carbocycles. The summed E-state index contributed by atoms with van der Waals surface area (Å²) in [4.78, 5) is 14.3. The van der Waals surface area contributed by atoms with Crippen molar-refractivity contribution in [2.45, 2.75) is 45.0 Å². The Kier molecular flexibility index (Phi) is 6.38.